The maximum atomic E-state index is 12.2. The molecule has 2 heterocycles. The molecular formula is C15H28N2O2S2. The number of likely N-dealkylation sites (tertiary alicyclic amines) is 1. The highest BCUT2D eigenvalue weighted by Crippen LogP contribution is 2.24. The van der Waals surface area contributed by atoms with E-state index in [4.69, 9.17) is 4.74 Å². The van der Waals surface area contributed by atoms with Gasteiger partial charge in [0, 0.05) is 48.2 Å². The van der Waals surface area contributed by atoms with E-state index in [0.717, 1.165) is 37.7 Å². The highest BCUT2D eigenvalue weighted by Gasteiger charge is 2.31. The monoisotopic (exact) mass is 332 g/mol. The van der Waals surface area contributed by atoms with Gasteiger partial charge < -0.3 is 15.0 Å². The minimum absolute atomic E-state index is 0.158. The summed E-state index contributed by atoms with van der Waals surface area (Å²) in [6, 6.07) is 0.293. The lowest BCUT2D eigenvalue weighted by Crippen LogP contribution is -2.45. The SMILES string of the molecule is CC(C)(C)OC(=O)N1CCCC1CNCC1CSCCS1. The first kappa shape index (κ1) is 17.3. The predicted octanol–water partition coefficient (Wildman–Crippen LogP) is 2.82. The molecule has 2 aliphatic heterocycles. The first-order chi connectivity index (χ1) is 9.96. The number of amides is 1. The Kier molecular flexibility index (Phi) is 6.56. The third kappa shape index (κ3) is 5.91. The van der Waals surface area contributed by atoms with Crippen LogP contribution in [0, 0.1) is 0 Å². The second-order valence-electron chi connectivity index (χ2n) is 6.70. The van der Waals surface area contributed by atoms with Gasteiger partial charge in [-0.25, -0.2) is 4.79 Å². The number of nitrogens with zero attached hydrogens (tertiary/aromatic N) is 1. The zero-order valence-corrected chi connectivity index (χ0v) is 15.0. The second-order valence-corrected chi connectivity index (χ2v) is 9.25. The van der Waals surface area contributed by atoms with Crippen molar-refractivity contribution in [1.82, 2.24) is 10.2 Å². The van der Waals surface area contributed by atoms with E-state index in [9.17, 15) is 4.79 Å². The molecule has 2 unspecified atom stereocenters. The van der Waals surface area contributed by atoms with Crippen LogP contribution in [-0.2, 0) is 4.74 Å². The van der Waals surface area contributed by atoms with Gasteiger partial charge in [-0.15, -0.1) is 0 Å². The van der Waals surface area contributed by atoms with Gasteiger partial charge in [0.2, 0.25) is 0 Å². The lowest BCUT2D eigenvalue weighted by molar-refractivity contribution is 0.0227. The van der Waals surface area contributed by atoms with E-state index in [2.05, 4.69) is 28.8 Å². The zero-order valence-electron chi connectivity index (χ0n) is 13.4. The van der Waals surface area contributed by atoms with Gasteiger partial charge in [0.25, 0.3) is 0 Å². The standard InChI is InChI=1S/C15H28N2O2S2/c1-15(2,3)19-14(18)17-6-4-5-12(17)9-16-10-13-11-20-7-8-21-13/h12-13,16H,4-11H2,1-3H3. The number of carbonyl (C=O) groups is 1. The molecule has 0 aromatic carbocycles. The summed E-state index contributed by atoms with van der Waals surface area (Å²) < 4.78 is 5.50. The topological polar surface area (TPSA) is 41.6 Å². The van der Waals surface area contributed by atoms with Gasteiger partial charge in [0.05, 0.1) is 0 Å². The van der Waals surface area contributed by atoms with Gasteiger partial charge in [-0.3, -0.25) is 0 Å². The molecular weight excluding hydrogens is 304 g/mol. The van der Waals surface area contributed by atoms with Crippen LogP contribution >= 0.6 is 23.5 Å². The fourth-order valence-electron chi connectivity index (χ4n) is 2.67. The van der Waals surface area contributed by atoms with Gasteiger partial charge in [-0.1, -0.05) is 0 Å². The fourth-order valence-corrected chi connectivity index (χ4v) is 5.32. The van der Waals surface area contributed by atoms with Crippen molar-refractivity contribution in [3.05, 3.63) is 0 Å². The lowest BCUT2D eigenvalue weighted by Gasteiger charge is -2.29. The molecule has 6 heteroatoms. The summed E-state index contributed by atoms with van der Waals surface area (Å²) in [6.45, 7) is 8.54. The normalized spacial score (nSPS) is 26.9. The third-order valence-electron chi connectivity index (χ3n) is 3.64. The van der Waals surface area contributed by atoms with Crippen molar-refractivity contribution in [1.29, 1.82) is 0 Å². The van der Waals surface area contributed by atoms with Crippen LogP contribution in [0.2, 0.25) is 0 Å². The van der Waals surface area contributed by atoms with E-state index in [0.29, 0.717) is 6.04 Å². The lowest BCUT2D eigenvalue weighted by atomic mass is 10.2. The van der Waals surface area contributed by atoms with E-state index in [1.165, 1.54) is 17.3 Å². The van der Waals surface area contributed by atoms with Crippen molar-refractivity contribution < 1.29 is 9.53 Å². The van der Waals surface area contributed by atoms with E-state index >= 15 is 0 Å². The summed E-state index contributed by atoms with van der Waals surface area (Å²) in [5.74, 6) is 3.80. The van der Waals surface area contributed by atoms with Crippen LogP contribution in [0.4, 0.5) is 4.79 Å². The first-order valence-corrected chi connectivity index (χ1v) is 10.1. The summed E-state index contributed by atoms with van der Waals surface area (Å²) in [5.41, 5.74) is -0.409. The molecule has 122 valence electrons. The van der Waals surface area contributed by atoms with Crippen LogP contribution < -0.4 is 5.32 Å². The zero-order chi connectivity index (χ0) is 15.3. The molecule has 2 fully saturated rings. The molecule has 0 aromatic rings. The Morgan fingerprint density at radius 2 is 2.14 bits per heavy atom. The Bertz CT molecular complexity index is 341. The quantitative estimate of drug-likeness (QED) is 0.857. The largest absolute Gasteiger partial charge is 0.444 e. The number of thioether (sulfide) groups is 2. The van der Waals surface area contributed by atoms with Gasteiger partial charge in [0.1, 0.15) is 5.60 Å². The van der Waals surface area contributed by atoms with E-state index < -0.39 is 5.60 Å². The van der Waals surface area contributed by atoms with Crippen molar-refractivity contribution in [3.8, 4) is 0 Å². The molecule has 2 saturated heterocycles. The van der Waals surface area contributed by atoms with E-state index in [1.807, 2.05) is 25.7 Å². The highest BCUT2D eigenvalue weighted by molar-refractivity contribution is 8.06. The second kappa shape index (κ2) is 7.97. The molecule has 1 amide bonds. The fraction of sp³-hybridized carbons (Fsp3) is 0.933. The summed E-state index contributed by atoms with van der Waals surface area (Å²) in [4.78, 5) is 14.1. The molecule has 0 radical (unpaired) electrons. The summed E-state index contributed by atoms with van der Waals surface area (Å²) in [7, 11) is 0. The minimum atomic E-state index is -0.409. The Balaban J connectivity index is 1.72. The molecule has 0 aliphatic carbocycles. The van der Waals surface area contributed by atoms with E-state index in [1.54, 1.807) is 0 Å². The smallest absolute Gasteiger partial charge is 0.410 e. The van der Waals surface area contributed by atoms with Crippen LogP contribution in [0.3, 0.4) is 0 Å². The molecule has 2 atom stereocenters. The Labute approximate surface area is 137 Å². The van der Waals surface area contributed by atoms with Crippen molar-refractivity contribution in [2.75, 3.05) is 36.9 Å². The van der Waals surface area contributed by atoms with Crippen molar-refractivity contribution in [3.63, 3.8) is 0 Å². The molecule has 0 aromatic heterocycles. The number of rotatable bonds is 4. The van der Waals surface area contributed by atoms with Gasteiger partial charge in [-0.05, 0) is 33.6 Å². The number of carbonyl (C=O) groups excluding carboxylic acids is 1. The molecule has 0 bridgehead atoms. The summed E-state index contributed by atoms with van der Waals surface area (Å²) in [5, 5.41) is 4.28. The Hall–Kier alpha value is -0.0700. The number of hydrogen-bond donors (Lipinski definition) is 1. The molecule has 0 saturated carbocycles. The molecule has 2 aliphatic rings. The predicted molar refractivity (Wildman–Crippen MR) is 92.4 cm³/mol. The van der Waals surface area contributed by atoms with Crippen LogP contribution in [0.5, 0.6) is 0 Å². The third-order valence-corrected chi connectivity index (χ3v) is 6.49. The average molecular weight is 333 g/mol. The molecule has 0 spiro atoms. The van der Waals surface area contributed by atoms with Crippen LogP contribution in [0.1, 0.15) is 33.6 Å². The Morgan fingerprint density at radius 3 is 2.81 bits per heavy atom. The molecule has 21 heavy (non-hydrogen) atoms. The average Bonchev–Trinajstić information content (AvgIpc) is 2.86. The van der Waals surface area contributed by atoms with Gasteiger partial charge >= 0.3 is 6.09 Å². The van der Waals surface area contributed by atoms with Crippen LogP contribution in [0.25, 0.3) is 0 Å². The maximum Gasteiger partial charge on any atom is 0.410 e. The maximum absolute atomic E-state index is 12.2. The van der Waals surface area contributed by atoms with Crippen LogP contribution in [0.15, 0.2) is 0 Å². The number of nitrogens with one attached hydrogen (secondary N) is 1. The molecule has 2 rings (SSSR count). The van der Waals surface area contributed by atoms with E-state index in [-0.39, 0.29) is 6.09 Å². The molecule has 4 nitrogen and oxygen atoms in total. The van der Waals surface area contributed by atoms with Crippen molar-refractivity contribution in [2.24, 2.45) is 0 Å². The van der Waals surface area contributed by atoms with Crippen LogP contribution in [-0.4, -0.2) is 64.8 Å². The molecule has 1 N–H and O–H groups in total. The van der Waals surface area contributed by atoms with Gasteiger partial charge in [-0.2, -0.15) is 23.5 Å². The highest BCUT2D eigenvalue weighted by atomic mass is 32.2. The Morgan fingerprint density at radius 1 is 1.33 bits per heavy atom. The van der Waals surface area contributed by atoms with Gasteiger partial charge in [0.15, 0.2) is 0 Å². The van der Waals surface area contributed by atoms with Crippen molar-refractivity contribution in [2.45, 2.75) is 50.5 Å². The minimum Gasteiger partial charge on any atom is -0.444 e. The number of ether oxygens (including phenoxy) is 1. The summed E-state index contributed by atoms with van der Waals surface area (Å²) in [6.07, 6.45) is 2.01. The van der Waals surface area contributed by atoms with Crippen molar-refractivity contribution >= 4 is 29.6 Å². The first-order valence-electron chi connectivity index (χ1n) is 7.85. The number of hydrogen-bond acceptors (Lipinski definition) is 5. The summed E-state index contributed by atoms with van der Waals surface area (Å²) >= 11 is 4.12.